The standard InChI is InChI=1S/C29H25F3N4O4S2/c1-15-10-17(16(2)36(15)27-20(13-33)19-6-4-5-7-23(19)41-27)11-24-26(38)35(28(39)42-24)14-25(37)34-21-12-18(29(30,31)32)8-9-22(21)40-3/h8-12H,4-7,14H2,1-3H3,(H,34,37)/b24-11-. The number of thioether (sulfide) groups is 1. The number of ether oxygens (including phenoxy) is 1. The minimum atomic E-state index is -4.64. The van der Waals surface area contributed by atoms with Gasteiger partial charge in [-0.05, 0) is 92.8 Å². The minimum Gasteiger partial charge on any atom is -0.495 e. The summed E-state index contributed by atoms with van der Waals surface area (Å²) in [7, 11) is 1.24. The summed E-state index contributed by atoms with van der Waals surface area (Å²) in [6, 6.07) is 6.86. The number of anilines is 1. The Morgan fingerprint density at radius 1 is 1.19 bits per heavy atom. The number of hydrogen-bond acceptors (Lipinski definition) is 7. The first kappa shape index (κ1) is 29.5. The molecule has 0 atom stereocenters. The smallest absolute Gasteiger partial charge is 0.416 e. The van der Waals surface area contributed by atoms with Crippen molar-refractivity contribution >= 4 is 51.9 Å². The van der Waals surface area contributed by atoms with Crippen LogP contribution in [-0.2, 0) is 28.6 Å². The number of hydrogen-bond donors (Lipinski definition) is 1. The van der Waals surface area contributed by atoms with E-state index in [1.807, 2.05) is 24.5 Å². The molecule has 1 N–H and O–H groups in total. The highest BCUT2D eigenvalue weighted by Crippen LogP contribution is 2.40. The van der Waals surface area contributed by atoms with Gasteiger partial charge in [0.25, 0.3) is 11.1 Å². The molecular formula is C29H25F3N4O4S2. The Hall–Kier alpha value is -4.02. The first-order valence-corrected chi connectivity index (χ1v) is 14.6. The molecule has 3 aromatic rings. The molecule has 218 valence electrons. The molecule has 13 heteroatoms. The van der Waals surface area contributed by atoms with Crippen molar-refractivity contribution < 1.29 is 32.3 Å². The Morgan fingerprint density at radius 3 is 2.62 bits per heavy atom. The lowest BCUT2D eigenvalue weighted by molar-refractivity contribution is -0.137. The number of imide groups is 1. The molecule has 3 heterocycles. The van der Waals surface area contributed by atoms with Gasteiger partial charge in [-0.1, -0.05) is 0 Å². The van der Waals surface area contributed by atoms with Crippen molar-refractivity contribution in [2.75, 3.05) is 19.0 Å². The number of nitriles is 1. The quantitative estimate of drug-likeness (QED) is 0.314. The van der Waals surface area contributed by atoms with E-state index in [0.29, 0.717) is 22.9 Å². The average molecular weight is 615 g/mol. The van der Waals surface area contributed by atoms with Gasteiger partial charge in [0.2, 0.25) is 5.91 Å². The topological polar surface area (TPSA) is 104 Å². The van der Waals surface area contributed by atoms with Gasteiger partial charge >= 0.3 is 6.18 Å². The van der Waals surface area contributed by atoms with E-state index >= 15 is 0 Å². The van der Waals surface area contributed by atoms with Crippen LogP contribution in [0.5, 0.6) is 5.75 Å². The van der Waals surface area contributed by atoms with Crippen LogP contribution < -0.4 is 10.1 Å². The van der Waals surface area contributed by atoms with Crippen molar-refractivity contribution in [2.24, 2.45) is 0 Å². The predicted octanol–water partition coefficient (Wildman–Crippen LogP) is 6.61. The lowest BCUT2D eigenvalue weighted by Gasteiger charge is -2.16. The summed E-state index contributed by atoms with van der Waals surface area (Å²) in [6.45, 7) is 3.09. The zero-order valence-corrected chi connectivity index (χ0v) is 24.5. The van der Waals surface area contributed by atoms with Gasteiger partial charge in [-0.3, -0.25) is 19.3 Å². The fraction of sp³-hybridized carbons (Fsp3) is 0.310. The summed E-state index contributed by atoms with van der Waals surface area (Å²) in [4.78, 5) is 40.6. The van der Waals surface area contributed by atoms with Gasteiger partial charge in [0.1, 0.15) is 23.4 Å². The van der Waals surface area contributed by atoms with Crippen molar-refractivity contribution in [3.63, 3.8) is 0 Å². The highest BCUT2D eigenvalue weighted by Gasteiger charge is 2.37. The summed E-state index contributed by atoms with van der Waals surface area (Å²) in [5, 5.41) is 12.4. The summed E-state index contributed by atoms with van der Waals surface area (Å²) in [5.74, 6) is -1.56. The lowest BCUT2D eigenvalue weighted by Crippen LogP contribution is -2.36. The van der Waals surface area contributed by atoms with E-state index in [1.165, 1.54) is 12.0 Å². The van der Waals surface area contributed by atoms with E-state index < -0.39 is 35.3 Å². The van der Waals surface area contributed by atoms with Gasteiger partial charge in [-0.25, -0.2) is 0 Å². The fourth-order valence-corrected chi connectivity index (χ4v) is 7.44. The number of methoxy groups -OCH3 is 1. The van der Waals surface area contributed by atoms with E-state index in [4.69, 9.17) is 4.74 Å². The predicted molar refractivity (Wildman–Crippen MR) is 154 cm³/mol. The van der Waals surface area contributed by atoms with E-state index in [-0.39, 0.29) is 16.3 Å². The second kappa shape index (κ2) is 11.3. The van der Waals surface area contributed by atoms with Gasteiger partial charge in [0.05, 0.1) is 28.8 Å². The number of amides is 3. The van der Waals surface area contributed by atoms with Crippen LogP contribution in [0, 0.1) is 25.2 Å². The number of nitrogens with zero attached hydrogens (tertiary/aromatic N) is 3. The molecular weight excluding hydrogens is 589 g/mol. The normalized spacial score (nSPS) is 16.1. The van der Waals surface area contributed by atoms with Gasteiger partial charge < -0.3 is 14.6 Å². The number of alkyl halides is 3. The van der Waals surface area contributed by atoms with Crippen LogP contribution in [0.4, 0.5) is 23.7 Å². The summed E-state index contributed by atoms with van der Waals surface area (Å²) in [5.41, 5.74) is 2.90. The lowest BCUT2D eigenvalue weighted by atomic mass is 9.96. The molecule has 2 aliphatic rings. The largest absolute Gasteiger partial charge is 0.495 e. The van der Waals surface area contributed by atoms with E-state index in [2.05, 4.69) is 11.4 Å². The fourth-order valence-electron chi connectivity index (χ4n) is 5.16. The van der Waals surface area contributed by atoms with E-state index in [9.17, 15) is 32.8 Å². The summed E-state index contributed by atoms with van der Waals surface area (Å²) >= 11 is 2.28. The molecule has 0 radical (unpaired) electrons. The number of carbonyl (C=O) groups is 3. The van der Waals surface area contributed by atoms with Crippen LogP contribution in [0.3, 0.4) is 0 Å². The van der Waals surface area contributed by atoms with Crippen LogP contribution in [-0.4, -0.2) is 40.2 Å². The second-order valence-electron chi connectivity index (χ2n) is 9.89. The number of carbonyl (C=O) groups excluding carboxylic acids is 3. The monoisotopic (exact) mass is 614 g/mol. The van der Waals surface area contributed by atoms with Gasteiger partial charge in [-0.2, -0.15) is 18.4 Å². The van der Waals surface area contributed by atoms with Crippen molar-refractivity contribution in [1.82, 2.24) is 9.47 Å². The first-order chi connectivity index (χ1) is 19.9. The molecule has 1 fully saturated rings. The maximum absolute atomic E-state index is 13.2. The Balaban J connectivity index is 1.37. The Labute approximate surface area is 247 Å². The Kier molecular flexibility index (Phi) is 7.96. The summed E-state index contributed by atoms with van der Waals surface area (Å²) < 4.78 is 46.5. The molecule has 1 saturated heterocycles. The molecule has 8 nitrogen and oxygen atoms in total. The zero-order chi connectivity index (χ0) is 30.3. The van der Waals surface area contributed by atoms with Crippen LogP contribution in [0.2, 0.25) is 0 Å². The molecule has 1 aliphatic carbocycles. The molecule has 3 amide bonds. The zero-order valence-electron chi connectivity index (χ0n) is 22.8. The van der Waals surface area contributed by atoms with Crippen molar-refractivity contribution in [1.29, 1.82) is 5.26 Å². The first-order valence-electron chi connectivity index (χ1n) is 13.0. The molecule has 1 aromatic carbocycles. The van der Waals surface area contributed by atoms with E-state index in [1.54, 1.807) is 17.4 Å². The molecule has 0 saturated carbocycles. The molecule has 1 aliphatic heterocycles. The molecule has 0 unspecified atom stereocenters. The maximum atomic E-state index is 13.2. The van der Waals surface area contributed by atoms with Crippen LogP contribution in [0.1, 0.15) is 51.4 Å². The number of thiophene rings is 1. The number of fused-ring (bicyclic) bond motifs is 1. The van der Waals surface area contributed by atoms with Gasteiger partial charge in [0, 0.05) is 16.3 Å². The van der Waals surface area contributed by atoms with Crippen LogP contribution in [0.15, 0.2) is 29.2 Å². The number of aromatic nitrogens is 1. The maximum Gasteiger partial charge on any atom is 0.416 e. The molecule has 2 aromatic heterocycles. The SMILES string of the molecule is COc1ccc(C(F)(F)F)cc1NC(=O)CN1C(=O)S/C(=C\c2cc(C)n(-c3sc4c(c3C#N)CCCC4)c2C)C1=O. The molecule has 0 bridgehead atoms. The van der Waals surface area contributed by atoms with Crippen molar-refractivity contribution in [2.45, 2.75) is 45.7 Å². The number of halogens is 3. The average Bonchev–Trinajstić information content (AvgIpc) is 3.53. The van der Waals surface area contributed by atoms with E-state index in [0.717, 1.165) is 70.7 Å². The summed E-state index contributed by atoms with van der Waals surface area (Å²) in [6.07, 6.45) is 0.904. The van der Waals surface area contributed by atoms with Crippen LogP contribution in [0.25, 0.3) is 11.1 Å². The molecule has 5 rings (SSSR count). The van der Waals surface area contributed by atoms with Gasteiger partial charge in [-0.15, -0.1) is 11.3 Å². The highest BCUT2D eigenvalue weighted by atomic mass is 32.2. The number of rotatable bonds is 6. The third kappa shape index (κ3) is 5.44. The second-order valence-corrected chi connectivity index (χ2v) is 12.0. The molecule has 42 heavy (non-hydrogen) atoms. The van der Waals surface area contributed by atoms with Crippen molar-refractivity contribution in [3.05, 3.63) is 67.7 Å². The minimum absolute atomic E-state index is 0.00751. The third-order valence-electron chi connectivity index (χ3n) is 7.20. The van der Waals surface area contributed by atoms with Crippen LogP contribution >= 0.6 is 23.1 Å². The van der Waals surface area contributed by atoms with Gasteiger partial charge in [0.15, 0.2) is 0 Å². The number of aryl methyl sites for hydroxylation is 2. The molecule has 0 spiro atoms. The Bertz CT molecular complexity index is 1700. The Morgan fingerprint density at radius 2 is 1.93 bits per heavy atom. The number of nitrogens with one attached hydrogen (secondary N) is 1. The van der Waals surface area contributed by atoms with Crippen molar-refractivity contribution in [3.8, 4) is 16.8 Å². The highest BCUT2D eigenvalue weighted by molar-refractivity contribution is 8.18. The third-order valence-corrected chi connectivity index (χ3v) is 9.39. The number of benzene rings is 1.